The van der Waals surface area contributed by atoms with E-state index >= 15 is 0 Å². The summed E-state index contributed by atoms with van der Waals surface area (Å²) in [5.41, 5.74) is 15.4. The minimum Gasteiger partial charge on any atom is -0.392 e. The molecule has 0 aliphatic carbocycles. The third-order valence-electron chi connectivity index (χ3n) is 4.30. The van der Waals surface area contributed by atoms with Gasteiger partial charge in [-0.2, -0.15) is 0 Å². The van der Waals surface area contributed by atoms with Crippen LogP contribution in [0, 0.1) is 13.8 Å². The Labute approximate surface area is 154 Å². The molecular formula is C17H16Cl2N4O2. The fourth-order valence-corrected chi connectivity index (χ4v) is 3.44. The highest BCUT2D eigenvalue weighted by Crippen LogP contribution is 2.39. The lowest BCUT2D eigenvalue weighted by molar-refractivity contribution is 0.100. The number of hydrogen-bond donors (Lipinski definition) is 3. The summed E-state index contributed by atoms with van der Waals surface area (Å²) in [4.78, 5) is 16.3. The van der Waals surface area contributed by atoms with Crippen LogP contribution in [-0.2, 0) is 6.61 Å². The van der Waals surface area contributed by atoms with E-state index in [1.807, 2.05) is 26.0 Å². The number of pyridine rings is 1. The number of amides is 1. The molecule has 3 rings (SSSR count). The van der Waals surface area contributed by atoms with E-state index in [0.717, 1.165) is 16.7 Å². The van der Waals surface area contributed by atoms with Crippen LogP contribution in [0.5, 0.6) is 0 Å². The first-order valence-corrected chi connectivity index (χ1v) is 8.19. The highest BCUT2D eigenvalue weighted by atomic mass is 35.5. The Bertz CT molecular complexity index is 1030. The number of hydrogen-bond acceptors (Lipinski definition) is 4. The van der Waals surface area contributed by atoms with Crippen LogP contribution < -0.4 is 11.5 Å². The number of anilines is 1. The Morgan fingerprint density at radius 3 is 2.60 bits per heavy atom. The van der Waals surface area contributed by atoms with Crippen LogP contribution in [0.25, 0.3) is 16.7 Å². The van der Waals surface area contributed by atoms with Gasteiger partial charge in [0.1, 0.15) is 11.5 Å². The van der Waals surface area contributed by atoms with Gasteiger partial charge in [-0.25, -0.2) is 4.98 Å². The second-order valence-electron chi connectivity index (χ2n) is 5.75. The SMILES string of the molecule is Cc1ccc(CO)c(C)c1-n1c(N)c(C(N)=O)c2c(Cl)c(Cl)cnc21. The number of primary amides is 1. The molecule has 8 heteroatoms. The fourth-order valence-electron chi connectivity index (χ4n) is 3.07. The van der Waals surface area contributed by atoms with Crippen molar-refractivity contribution in [1.29, 1.82) is 0 Å². The third-order valence-corrected chi connectivity index (χ3v) is 5.07. The molecule has 5 N–H and O–H groups in total. The highest BCUT2D eigenvalue weighted by Gasteiger charge is 2.26. The van der Waals surface area contributed by atoms with Crippen molar-refractivity contribution in [3.8, 4) is 5.69 Å². The van der Waals surface area contributed by atoms with Gasteiger partial charge in [-0.1, -0.05) is 35.3 Å². The van der Waals surface area contributed by atoms with Gasteiger partial charge in [0.25, 0.3) is 5.91 Å². The maximum Gasteiger partial charge on any atom is 0.253 e. The van der Waals surface area contributed by atoms with E-state index in [0.29, 0.717) is 16.7 Å². The number of benzene rings is 1. The molecule has 0 bridgehead atoms. The smallest absolute Gasteiger partial charge is 0.253 e. The Hall–Kier alpha value is -2.28. The maximum absolute atomic E-state index is 12.0. The van der Waals surface area contributed by atoms with Crippen LogP contribution in [0.3, 0.4) is 0 Å². The summed E-state index contributed by atoms with van der Waals surface area (Å²) < 4.78 is 1.63. The zero-order chi connectivity index (χ0) is 18.5. The van der Waals surface area contributed by atoms with Gasteiger partial charge in [0, 0.05) is 6.20 Å². The number of nitrogens with zero attached hydrogens (tertiary/aromatic N) is 2. The van der Waals surface area contributed by atoms with Crippen molar-refractivity contribution in [2.45, 2.75) is 20.5 Å². The van der Waals surface area contributed by atoms with Crippen molar-refractivity contribution >= 4 is 46.0 Å². The van der Waals surface area contributed by atoms with E-state index in [1.165, 1.54) is 6.20 Å². The van der Waals surface area contributed by atoms with Crippen molar-refractivity contribution in [1.82, 2.24) is 9.55 Å². The van der Waals surface area contributed by atoms with Crippen molar-refractivity contribution in [2.75, 3.05) is 5.73 Å². The second kappa shape index (κ2) is 6.22. The molecule has 0 aliphatic rings. The molecule has 0 saturated heterocycles. The molecule has 1 amide bonds. The van der Waals surface area contributed by atoms with Crippen molar-refractivity contribution in [3.05, 3.63) is 50.6 Å². The highest BCUT2D eigenvalue weighted by molar-refractivity contribution is 6.46. The third kappa shape index (κ3) is 2.54. The standard InChI is InChI=1S/C17H16Cl2N4O2/c1-7-3-4-9(6-24)8(2)14(7)23-15(20)12(16(21)25)11-13(19)10(18)5-22-17(11)23/h3-5,24H,6,20H2,1-2H3,(H2,21,25). The van der Waals surface area contributed by atoms with Crippen LogP contribution >= 0.6 is 23.2 Å². The predicted octanol–water partition coefficient (Wildman–Crippen LogP) is 3.12. The molecule has 1 aromatic carbocycles. The van der Waals surface area contributed by atoms with E-state index in [4.69, 9.17) is 34.7 Å². The van der Waals surface area contributed by atoms with Crippen molar-refractivity contribution in [2.24, 2.45) is 5.73 Å². The number of aromatic nitrogens is 2. The lowest BCUT2D eigenvalue weighted by Gasteiger charge is -2.16. The van der Waals surface area contributed by atoms with Crippen LogP contribution in [0.15, 0.2) is 18.3 Å². The number of aryl methyl sites for hydroxylation is 1. The van der Waals surface area contributed by atoms with Gasteiger partial charge in [0.15, 0.2) is 0 Å². The molecule has 0 unspecified atom stereocenters. The quantitative estimate of drug-likeness (QED) is 0.650. The maximum atomic E-state index is 12.0. The Balaban J connectivity index is 2.54. The van der Waals surface area contributed by atoms with Crippen LogP contribution in [0.2, 0.25) is 10.0 Å². The summed E-state index contributed by atoms with van der Waals surface area (Å²) in [5, 5.41) is 10.2. The monoisotopic (exact) mass is 378 g/mol. The summed E-state index contributed by atoms with van der Waals surface area (Å²) in [7, 11) is 0. The van der Waals surface area contributed by atoms with Gasteiger partial charge < -0.3 is 16.6 Å². The molecule has 0 saturated carbocycles. The molecule has 0 aliphatic heterocycles. The lowest BCUT2D eigenvalue weighted by Crippen LogP contribution is -2.14. The number of fused-ring (bicyclic) bond motifs is 1. The van der Waals surface area contributed by atoms with Gasteiger partial charge >= 0.3 is 0 Å². The number of carbonyl (C=O) groups is 1. The molecule has 3 aromatic rings. The number of nitrogens with two attached hydrogens (primary N) is 2. The zero-order valence-corrected chi connectivity index (χ0v) is 15.1. The molecule has 6 nitrogen and oxygen atoms in total. The van der Waals surface area contributed by atoms with E-state index in [9.17, 15) is 9.90 Å². The number of nitrogen functional groups attached to an aromatic ring is 1. The average Bonchev–Trinajstić information content (AvgIpc) is 2.85. The normalized spacial score (nSPS) is 11.2. The number of halogens is 2. The summed E-state index contributed by atoms with van der Waals surface area (Å²) >= 11 is 12.3. The molecule has 0 atom stereocenters. The van der Waals surface area contributed by atoms with E-state index in [2.05, 4.69) is 4.98 Å². The largest absolute Gasteiger partial charge is 0.392 e. The first-order valence-electron chi connectivity index (χ1n) is 7.43. The van der Waals surface area contributed by atoms with Gasteiger partial charge in [-0.05, 0) is 30.5 Å². The van der Waals surface area contributed by atoms with Crippen LogP contribution in [0.4, 0.5) is 5.82 Å². The molecule has 2 aromatic heterocycles. The van der Waals surface area contributed by atoms with Crippen LogP contribution in [0.1, 0.15) is 27.0 Å². The zero-order valence-electron chi connectivity index (χ0n) is 13.6. The molecular weight excluding hydrogens is 363 g/mol. The molecule has 0 fully saturated rings. The summed E-state index contributed by atoms with van der Waals surface area (Å²) in [5.74, 6) is -0.596. The molecule has 0 radical (unpaired) electrons. The number of rotatable bonds is 3. The summed E-state index contributed by atoms with van der Waals surface area (Å²) in [6.45, 7) is 3.64. The van der Waals surface area contributed by atoms with Gasteiger partial charge in [0.2, 0.25) is 0 Å². The van der Waals surface area contributed by atoms with Gasteiger partial charge in [-0.3, -0.25) is 9.36 Å². The Morgan fingerprint density at radius 1 is 1.32 bits per heavy atom. The topological polar surface area (TPSA) is 107 Å². The molecule has 2 heterocycles. The van der Waals surface area contributed by atoms with Crippen LogP contribution in [-0.4, -0.2) is 20.6 Å². The lowest BCUT2D eigenvalue weighted by atomic mass is 10.0. The van der Waals surface area contributed by atoms with E-state index in [-0.39, 0.29) is 28.0 Å². The second-order valence-corrected chi connectivity index (χ2v) is 6.54. The summed E-state index contributed by atoms with van der Waals surface area (Å²) in [6, 6.07) is 3.70. The fraction of sp³-hybridized carbons (Fsp3) is 0.176. The minimum absolute atomic E-state index is 0.0724. The van der Waals surface area contributed by atoms with Gasteiger partial charge in [-0.15, -0.1) is 0 Å². The average molecular weight is 379 g/mol. The van der Waals surface area contributed by atoms with E-state index in [1.54, 1.807) is 4.57 Å². The van der Waals surface area contributed by atoms with Crippen molar-refractivity contribution < 1.29 is 9.90 Å². The molecule has 130 valence electrons. The number of carbonyl (C=O) groups excluding carboxylic acids is 1. The first kappa shape index (κ1) is 17.5. The number of aliphatic hydroxyl groups is 1. The van der Waals surface area contributed by atoms with Crippen molar-refractivity contribution in [3.63, 3.8) is 0 Å². The molecule has 0 spiro atoms. The summed E-state index contributed by atoms with van der Waals surface area (Å²) in [6.07, 6.45) is 1.40. The van der Waals surface area contributed by atoms with Gasteiger partial charge in [0.05, 0.1) is 33.3 Å². The molecule has 25 heavy (non-hydrogen) atoms. The Kier molecular flexibility index (Phi) is 4.36. The predicted molar refractivity (Wildman–Crippen MR) is 99.4 cm³/mol. The first-order chi connectivity index (χ1) is 11.8. The number of aliphatic hydroxyl groups excluding tert-OH is 1. The minimum atomic E-state index is -0.721. The van der Waals surface area contributed by atoms with E-state index < -0.39 is 5.91 Å². The Morgan fingerprint density at radius 2 is 2.00 bits per heavy atom.